The molecule has 12 heteroatoms. The van der Waals surface area contributed by atoms with Crippen molar-refractivity contribution in [3.63, 3.8) is 0 Å². The summed E-state index contributed by atoms with van der Waals surface area (Å²) in [6.45, 7) is 0. The van der Waals surface area contributed by atoms with Crippen LogP contribution in [0.1, 0.15) is 11.4 Å². The number of hydrogen-bond acceptors (Lipinski definition) is 3. The van der Waals surface area contributed by atoms with Crippen LogP contribution in [-0.4, -0.2) is 35.8 Å². The van der Waals surface area contributed by atoms with E-state index in [1.807, 2.05) is 0 Å². The summed E-state index contributed by atoms with van der Waals surface area (Å²) < 4.78 is 102. The third-order valence-corrected chi connectivity index (χ3v) is 4.64. The van der Waals surface area contributed by atoms with Gasteiger partial charge in [-0.15, -0.1) is 0 Å². The van der Waals surface area contributed by atoms with Gasteiger partial charge in [0.2, 0.25) is 5.82 Å². The van der Waals surface area contributed by atoms with Gasteiger partial charge in [0.15, 0.2) is 0 Å². The molecule has 0 amide bonds. The van der Waals surface area contributed by atoms with Crippen LogP contribution in [-0.2, 0) is 22.6 Å². The predicted octanol–water partition coefficient (Wildman–Crippen LogP) is 2.73. The molecule has 0 bridgehead atoms. The van der Waals surface area contributed by atoms with Gasteiger partial charge in [-0.25, -0.2) is 8.96 Å². The van der Waals surface area contributed by atoms with Gasteiger partial charge in [0.25, 0.3) is 0 Å². The zero-order valence-electron chi connectivity index (χ0n) is 11.6. The Hall–Kier alpha value is -1.82. The van der Waals surface area contributed by atoms with Crippen LogP contribution in [0.25, 0.3) is 11.0 Å². The number of benzene rings is 1. The minimum Gasteiger partial charge on any atom is -0.223 e. The summed E-state index contributed by atoms with van der Waals surface area (Å²) in [5, 5.41) is 0. The topological polar surface area (TPSA) is 55.2 Å². The molecule has 0 atom stereocenters. The van der Waals surface area contributed by atoms with Crippen LogP contribution in [0, 0.1) is 0 Å². The minimum atomic E-state index is -5.17. The van der Waals surface area contributed by atoms with E-state index < -0.39 is 45.0 Å². The van der Waals surface area contributed by atoms with Gasteiger partial charge < -0.3 is 0 Å². The average Bonchev–Trinajstić information content (AvgIpc) is 2.76. The molecule has 0 saturated heterocycles. The molecule has 0 N–H and O–H groups in total. The molecule has 1 aromatic heterocycles. The van der Waals surface area contributed by atoms with Crippen LogP contribution in [0.2, 0.25) is 0 Å². The first-order valence-corrected chi connectivity index (χ1v) is 7.26. The smallest absolute Gasteiger partial charge is 0.223 e. The first kappa shape index (κ1) is 17.5. The van der Waals surface area contributed by atoms with Gasteiger partial charge >= 0.3 is 22.6 Å². The summed E-state index contributed by atoms with van der Waals surface area (Å²) >= 11 is 0. The Bertz CT molecular complexity index is 851. The van der Waals surface area contributed by atoms with E-state index in [2.05, 4.69) is 4.98 Å². The van der Waals surface area contributed by atoms with Crippen molar-refractivity contribution in [1.29, 1.82) is 0 Å². The van der Waals surface area contributed by atoms with Crippen LogP contribution in [0.4, 0.5) is 26.3 Å². The van der Waals surface area contributed by atoms with Crippen LogP contribution >= 0.6 is 0 Å². The second kappa shape index (κ2) is 5.09. The molecule has 5 nitrogen and oxygen atoms in total. The third-order valence-electron chi connectivity index (χ3n) is 2.89. The van der Waals surface area contributed by atoms with Crippen molar-refractivity contribution in [2.45, 2.75) is 12.4 Å². The van der Waals surface area contributed by atoms with Gasteiger partial charge in [0.05, 0.1) is 16.6 Å². The van der Waals surface area contributed by atoms with E-state index in [1.54, 1.807) is 0 Å². The molecule has 1 heterocycles. The molecule has 2 aromatic rings. The van der Waals surface area contributed by atoms with E-state index in [0.717, 1.165) is 14.1 Å². The number of nitrogens with zero attached hydrogens (tertiary/aromatic N) is 3. The fourth-order valence-electron chi connectivity index (χ4n) is 1.81. The average molecular weight is 361 g/mol. The van der Waals surface area contributed by atoms with Gasteiger partial charge in [-0.1, -0.05) is 0 Å². The van der Waals surface area contributed by atoms with Gasteiger partial charge in [0.1, 0.15) is 0 Å². The van der Waals surface area contributed by atoms with E-state index in [-0.39, 0.29) is 3.97 Å². The highest BCUT2D eigenvalue weighted by Crippen LogP contribution is 2.36. The number of alkyl halides is 6. The lowest BCUT2D eigenvalue weighted by molar-refractivity contribution is -0.145. The van der Waals surface area contributed by atoms with Crippen molar-refractivity contribution in [3.05, 3.63) is 29.6 Å². The molecule has 0 aliphatic heterocycles. The molecule has 1 aromatic carbocycles. The lowest BCUT2D eigenvalue weighted by Crippen LogP contribution is -2.32. The molecule has 128 valence electrons. The standard InChI is InChI=1S/C11H9F6N3O2S/c1-19(2)23(21,22)20-8-5-6(10(12,13)14)3-4-7(8)18-9(20)11(15,16)17/h3-5H,1-2H3. The molecular weight excluding hydrogens is 352 g/mol. The third kappa shape index (κ3) is 3.00. The highest BCUT2D eigenvalue weighted by Gasteiger charge is 2.42. The molecule has 0 fully saturated rings. The van der Waals surface area contributed by atoms with E-state index in [4.69, 9.17) is 0 Å². The largest absolute Gasteiger partial charge is 0.450 e. The number of hydrogen-bond donors (Lipinski definition) is 0. The maximum absolute atomic E-state index is 13.0. The SMILES string of the molecule is CN(C)S(=O)(=O)n1c(C(F)(F)F)nc2ccc(C(F)(F)F)cc21. The highest BCUT2D eigenvalue weighted by atomic mass is 32.2. The van der Waals surface area contributed by atoms with E-state index in [1.165, 1.54) is 0 Å². The van der Waals surface area contributed by atoms with Crippen molar-refractivity contribution in [3.8, 4) is 0 Å². The molecule has 0 aliphatic rings. The Morgan fingerprint density at radius 1 is 1.04 bits per heavy atom. The van der Waals surface area contributed by atoms with Crippen LogP contribution in [0.5, 0.6) is 0 Å². The summed E-state index contributed by atoms with van der Waals surface area (Å²) in [5.41, 5.74) is -2.61. The Labute approximate surface area is 126 Å². The Balaban J connectivity index is 2.94. The Kier molecular flexibility index (Phi) is 3.88. The summed E-state index contributed by atoms with van der Waals surface area (Å²) in [7, 11) is -2.83. The van der Waals surface area contributed by atoms with Crippen molar-refractivity contribution in [2.24, 2.45) is 0 Å². The van der Waals surface area contributed by atoms with Crippen molar-refractivity contribution in [1.82, 2.24) is 13.3 Å². The van der Waals surface area contributed by atoms with Gasteiger partial charge in [-0.3, -0.25) is 0 Å². The second-order valence-electron chi connectivity index (χ2n) is 4.69. The normalized spacial score (nSPS) is 14.0. The zero-order valence-corrected chi connectivity index (χ0v) is 12.4. The summed E-state index contributed by atoms with van der Waals surface area (Å²) in [4.78, 5) is 3.12. The molecule has 0 saturated carbocycles. The first-order valence-electron chi connectivity index (χ1n) is 5.86. The van der Waals surface area contributed by atoms with Crippen LogP contribution in [0.3, 0.4) is 0 Å². The van der Waals surface area contributed by atoms with Gasteiger partial charge in [-0.05, 0) is 18.2 Å². The fourth-order valence-corrected chi connectivity index (χ4v) is 2.89. The molecule has 0 spiro atoms. The summed E-state index contributed by atoms with van der Waals surface area (Å²) in [5.74, 6) is -1.82. The maximum atomic E-state index is 13.0. The lowest BCUT2D eigenvalue weighted by atomic mass is 10.2. The highest BCUT2D eigenvalue weighted by molar-refractivity contribution is 7.87. The molecule has 0 unspecified atom stereocenters. The Morgan fingerprint density at radius 2 is 1.61 bits per heavy atom. The van der Waals surface area contributed by atoms with E-state index in [0.29, 0.717) is 22.5 Å². The molecule has 2 rings (SSSR count). The monoisotopic (exact) mass is 361 g/mol. The van der Waals surface area contributed by atoms with Gasteiger partial charge in [-0.2, -0.15) is 39.1 Å². The minimum absolute atomic E-state index is 0.239. The van der Waals surface area contributed by atoms with E-state index >= 15 is 0 Å². The molecular formula is C11H9F6N3O2S. The molecule has 0 aliphatic carbocycles. The molecule has 0 radical (unpaired) electrons. The van der Waals surface area contributed by atoms with Crippen molar-refractivity contribution < 1.29 is 34.8 Å². The number of aromatic nitrogens is 2. The van der Waals surface area contributed by atoms with Crippen molar-refractivity contribution in [2.75, 3.05) is 14.1 Å². The number of fused-ring (bicyclic) bond motifs is 1. The van der Waals surface area contributed by atoms with E-state index in [9.17, 15) is 34.8 Å². The predicted molar refractivity (Wildman–Crippen MR) is 67.7 cm³/mol. The quantitative estimate of drug-likeness (QED) is 0.773. The number of imidazole rings is 1. The van der Waals surface area contributed by atoms with Crippen LogP contribution < -0.4 is 0 Å². The summed E-state index contributed by atoms with van der Waals surface area (Å²) in [6, 6.07) is 1.54. The second-order valence-corrected chi connectivity index (χ2v) is 6.68. The number of rotatable bonds is 2. The maximum Gasteiger partial charge on any atom is 0.450 e. The lowest BCUT2D eigenvalue weighted by Gasteiger charge is -2.16. The van der Waals surface area contributed by atoms with Crippen LogP contribution in [0.15, 0.2) is 18.2 Å². The Morgan fingerprint density at radius 3 is 2.04 bits per heavy atom. The summed E-state index contributed by atoms with van der Waals surface area (Å²) in [6.07, 6.45) is -10.0. The molecule has 23 heavy (non-hydrogen) atoms. The number of halogens is 6. The van der Waals surface area contributed by atoms with Gasteiger partial charge in [0, 0.05) is 14.1 Å². The van der Waals surface area contributed by atoms with Crippen molar-refractivity contribution >= 4 is 21.2 Å². The first-order chi connectivity index (χ1) is 10.3. The fraction of sp³-hybridized carbons (Fsp3) is 0.364. The zero-order chi connectivity index (χ0) is 17.8.